The van der Waals surface area contributed by atoms with Gasteiger partial charge in [0.05, 0.1) is 10.7 Å². The highest BCUT2D eigenvalue weighted by molar-refractivity contribution is 7.16. The van der Waals surface area contributed by atoms with Crippen molar-refractivity contribution in [2.75, 3.05) is 5.32 Å². The van der Waals surface area contributed by atoms with E-state index in [1.54, 1.807) is 24.4 Å². The largest absolute Gasteiger partial charge is 0.506 e. The molecule has 0 radical (unpaired) electrons. The fraction of sp³-hybridized carbons (Fsp3) is 0.174. The predicted octanol–water partition coefficient (Wildman–Crippen LogP) is 6.93. The molecular formula is C23H20ClN3O3S2. The molecule has 0 unspecified atom stereocenters. The summed E-state index contributed by atoms with van der Waals surface area (Å²) >= 11 is 9.08. The fourth-order valence-electron chi connectivity index (χ4n) is 3.20. The first-order valence-electron chi connectivity index (χ1n) is 9.84. The van der Waals surface area contributed by atoms with E-state index in [9.17, 15) is 15.0 Å². The summed E-state index contributed by atoms with van der Waals surface area (Å²) in [5, 5.41) is 25.3. The van der Waals surface area contributed by atoms with Crippen LogP contribution >= 0.6 is 34.3 Å². The summed E-state index contributed by atoms with van der Waals surface area (Å²) in [6.45, 7) is 4.24. The third-order valence-corrected chi connectivity index (χ3v) is 6.88. The molecule has 0 aliphatic rings. The monoisotopic (exact) mass is 485 g/mol. The Bertz CT molecular complexity index is 1270. The van der Waals surface area contributed by atoms with Crippen LogP contribution in [0.2, 0.25) is 5.02 Å². The molecule has 0 spiro atoms. The summed E-state index contributed by atoms with van der Waals surface area (Å²) < 4.78 is 0. The minimum absolute atomic E-state index is 0.00975. The van der Waals surface area contributed by atoms with Crippen molar-refractivity contribution >= 4 is 51.2 Å². The number of thiophene rings is 1. The van der Waals surface area contributed by atoms with Gasteiger partial charge in [0.2, 0.25) is 0 Å². The van der Waals surface area contributed by atoms with E-state index in [-0.39, 0.29) is 22.2 Å². The molecule has 0 atom stereocenters. The molecule has 0 saturated carbocycles. The van der Waals surface area contributed by atoms with Gasteiger partial charge in [-0.2, -0.15) is 0 Å². The van der Waals surface area contributed by atoms with E-state index in [1.807, 2.05) is 17.5 Å². The third-order valence-electron chi connectivity index (χ3n) is 4.66. The third kappa shape index (κ3) is 4.77. The lowest BCUT2D eigenvalue weighted by atomic mass is 10.0. The number of aromatic nitrogens is 2. The van der Waals surface area contributed by atoms with E-state index in [2.05, 4.69) is 24.1 Å². The SMILES string of the molecule is CC(C)Cc1sc(Nc2ncc(-c3cccs3)cc2C(=O)O)nc1-c1ccc(O)c(Cl)c1. The van der Waals surface area contributed by atoms with Crippen LogP contribution in [0.1, 0.15) is 29.1 Å². The molecule has 0 aliphatic heterocycles. The average Bonchev–Trinajstić information content (AvgIpc) is 3.40. The molecule has 3 aromatic heterocycles. The minimum Gasteiger partial charge on any atom is -0.506 e. The van der Waals surface area contributed by atoms with Crippen LogP contribution in [0.3, 0.4) is 0 Å². The summed E-state index contributed by atoms with van der Waals surface area (Å²) in [5.74, 6) is -0.427. The Balaban J connectivity index is 1.72. The summed E-state index contributed by atoms with van der Waals surface area (Å²) in [4.78, 5) is 23.0. The Labute approximate surface area is 198 Å². The number of rotatable bonds is 7. The number of nitrogens with zero attached hydrogens (tertiary/aromatic N) is 2. The molecule has 32 heavy (non-hydrogen) atoms. The Hall–Kier alpha value is -2.94. The van der Waals surface area contributed by atoms with Crippen LogP contribution in [-0.2, 0) is 6.42 Å². The Morgan fingerprint density at radius 3 is 2.69 bits per heavy atom. The average molecular weight is 486 g/mol. The number of nitrogens with one attached hydrogen (secondary N) is 1. The van der Waals surface area contributed by atoms with E-state index in [1.165, 1.54) is 28.7 Å². The number of hydrogen-bond donors (Lipinski definition) is 3. The first kappa shape index (κ1) is 22.3. The van der Waals surface area contributed by atoms with E-state index >= 15 is 0 Å². The van der Waals surface area contributed by atoms with E-state index < -0.39 is 5.97 Å². The summed E-state index contributed by atoms with van der Waals surface area (Å²) in [6.07, 6.45) is 2.45. The number of phenols is 1. The molecule has 9 heteroatoms. The van der Waals surface area contributed by atoms with Crippen LogP contribution in [0.4, 0.5) is 10.9 Å². The quantitative estimate of drug-likeness (QED) is 0.262. The zero-order chi connectivity index (χ0) is 22.8. The molecule has 0 fully saturated rings. The van der Waals surface area contributed by atoms with Crippen molar-refractivity contribution < 1.29 is 15.0 Å². The number of aromatic hydroxyl groups is 1. The summed E-state index contributed by atoms with van der Waals surface area (Å²) in [7, 11) is 0. The van der Waals surface area contributed by atoms with Crippen LogP contribution in [0, 0.1) is 5.92 Å². The molecule has 0 aliphatic carbocycles. The molecule has 0 saturated heterocycles. The second-order valence-electron chi connectivity index (χ2n) is 7.58. The van der Waals surface area contributed by atoms with Crippen LogP contribution in [-0.4, -0.2) is 26.2 Å². The van der Waals surface area contributed by atoms with Crippen LogP contribution < -0.4 is 5.32 Å². The number of phenolic OH excluding ortho intramolecular Hbond substituents is 1. The van der Waals surface area contributed by atoms with Crippen molar-refractivity contribution in [3.05, 3.63) is 63.4 Å². The van der Waals surface area contributed by atoms with Gasteiger partial charge >= 0.3 is 5.97 Å². The van der Waals surface area contributed by atoms with Gasteiger partial charge in [-0.3, -0.25) is 0 Å². The van der Waals surface area contributed by atoms with Gasteiger partial charge in [0.25, 0.3) is 0 Å². The van der Waals surface area contributed by atoms with Gasteiger partial charge < -0.3 is 15.5 Å². The number of thiazole rings is 1. The molecule has 4 aromatic rings. The second-order valence-corrected chi connectivity index (χ2v) is 10.0. The summed E-state index contributed by atoms with van der Waals surface area (Å²) in [5.41, 5.74) is 2.36. The zero-order valence-corrected chi connectivity index (χ0v) is 19.7. The number of carboxylic acids is 1. The maximum absolute atomic E-state index is 11.9. The zero-order valence-electron chi connectivity index (χ0n) is 17.3. The Morgan fingerprint density at radius 1 is 1.22 bits per heavy atom. The second kappa shape index (κ2) is 9.28. The van der Waals surface area contributed by atoms with Crippen molar-refractivity contribution in [1.82, 2.24) is 9.97 Å². The fourth-order valence-corrected chi connectivity index (χ4v) is 5.28. The van der Waals surface area contributed by atoms with Gasteiger partial charge in [-0.05, 0) is 48.1 Å². The number of pyridine rings is 1. The first-order valence-corrected chi connectivity index (χ1v) is 11.9. The molecule has 6 nitrogen and oxygen atoms in total. The number of anilines is 2. The number of halogens is 1. The Kier molecular flexibility index (Phi) is 6.45. The lowest BCUT2D eigenvalue weighted by molar-refractivity contribution is 0.0697. The van der Waals surface area contributed by atoms with E-state index in [4.69, 9.17) is 16.6 Å². The van der Waals surface area contributed by atoms with Gasteiger partial charge in [0.15, 0.2) is 5.13 Å². The number of hydrogen-bond acceptors (Lipinski definition) is 7. The number of aromatic carboxylic acids is 1. The molecule has 3 heterocycles. The van der Waals surface area contributed by atoms with Gasteiger partial charge in [-0.25, -0.2) is 14.8 Å². The van der Waals surface area contributed by atoms with Crippen molar-refractivity contribution in [2.45, 2.75) is 20.3 Å². The summed E-state index contributed by atoms with van der Waals surface area (Å²) in [6, 6.07) is 10.4. The van der Waals surface area contributed by atoms with Crippen molar-refractivity contribution in [3.8, 4) is 27.4 Å². The van der Waals surface area contributed by atoms with Crippen LogP contribution in [0.5, 0.6) is 5.75 Å². The van der Waals surface area contributed by atoms with Crippen molar-refractivity contribution in [1.29, 1.82) is 0 Å². The standard InChI is InChI=1S/C23H20ClN3O3S2/c1-12(2)8-19-20(13-5-6-17(28)16(24)10-13)26-23(32-19)27-21-15(22(29)30)9-14(11-25-21)18-4-3-7-31-18/h3-7,9-12,28H,8H2,1-2H3,(H,29,30)(H,25,26,27). The molecule has 164 valence electrons. The predicted molar refractivity (Wildman–Crippen MR) is 131 cm³/mol. The maximum atomic E-state index is 11.9. The molecule has 1 aromatic carbocycles. The Morgan fingerprint density at radius 2 is 2.03 bits per heavy atom. The van der Waals surface area contributed by atoms with Crippen LogP contribution in [0.15, 0.2) is 48.0 Å². The van der Waals surface area contributed by atoms with Gasteiger partial charge in [0.1, 0.15) is 17.1 Å². The van der Waals surface area contributed by atoms with E-state index in [0.717, 1.165) is 33.0 Å². The van der Waals surface area contributed by atoms with Gasteiger partial charge in [-0.15, -0.1) is 22.7 Å². The lowest BCUT2D eigenvalue weighted by Gasteiger charge is -2.07. The number of carbonyl (C=O) groups is 1. The van der Waals surface area contributed by atoms with E-state index in [0.29, 0.717) is 11.0 Å². The smallest absolute Gasteiger partial charge is 0.339 e. The highest BCUT2D eigenvalue weighted by Gasteiger charge is 2.19. The highest BCUT2D eigenvalue weighted by atomic mass is 35.5. The van der Waals surface area contributed by atoms with Gasteiger partial charge in [-0.1, -0.05) is 31.5 Å². The van der Waals surface area contributed by atoms with Crippen LogP contribution in [0.25, 0.3) is 21.7 Å². The number of carboxylic acid groups (broad SMARTS) is 1. The molecule has 3 N–H and O–H groups in total. The van der Waals surface area contributed by atoms with Crippen molar-refractivity contribution in [2.24, 2.45) is 5.92 Å². The lowest BCUT2D eigenvalue weighted by Crippen LogP contribution is -2.05. The normalized spacial score (nSPS) is 11.1. The first-order chi connectivity index (χ1) is 15.3. The topological polar surface area (TPSA) is 95.3 Å². The molecular weight excluding hydrogens is 466 g/mol. The highest BCUT2D eigenvalue weighted by Crippen LogP contribution is 2.37. The number of benzene rings is 1. The maximum Gasteiger partial charge on any atom is 0.339 e. The molecule has 0 amide bonds. The molecule has 0 bridgehead atoms. The van der Waals surface area contributed by atoms with Crippen molar-refractivity contribution in [3.63, 3.8) is 0 Å². The minimum atomic E-state index is -1.07. The van der Waals surface area contributed by atoms with Gasteiger partial charge in [0, 0.05) is 27.1 Å². The molecule has 4 rings (SSSR count).